The van der Waals surface area contributed by atoms with Crippen LogP contribution in [0.25, 0.3) is 0 Å². The van der Waals surface area contributed by atoms with Crippen LogP contribution in [0.3, 0.4) is 0 Å². The molecule has 0 radical (unpaired) electrons. The standard InChI is InChI=1S/C10H12N4O/c1-8-3-2-4-9(13-8)11-6-5-10-12-7-15-14-10/h2-4,7H,5-6H2,1H3,(H,11,13). The summed E-state index contributed by atoms with van der Waals surface area (Å²) in [4.78, 5) is 8.24. The number of rotatable bonds is 4. The van der Waals surface area contributed by atoms with Crippen LogP contribution in [0.2, 0.25) is 0 Å². The van der Waals surface area contributed by atoms with Crippen molar-refractivity contribution >= 4 is 5.82 Å². The minimum Gasteiger partial charge on any atom is -0.370 e. The summed E-state index contributed by atoms with van der Waals surface area (Å²) in [7, 11) is 0. The van der Waals surface area contributed by atoms with Gasteiger partial charge < -0.3 is 9.84 Å². The van der Waals surface area contributed by atoms with Gasteiger partial charge in [-0.1, -0.05) is 11.2 Å². The molecule has 0 bridgehead atoms. The van der Waals surface area contributed by atoms with Crippen molar-refractivity contribution in [1.82, 2.24) is 15.1 Å². The van der Waals surface area contributed by atoms with E-state index in [0.717, 1.165) is 24.5 Å². The van der Waals surface area contributed by atoms with Crippen molar-refractivity contribution in [2.45, 2.75) is 13.3 Å². The second-order valence-electron chi connectivity index (χ2n) is 3.19. The zero-order valence-electron chi connectivity index (χ0n) is 8.47. The van der Waals surface area contributed by atoms with Gasteiger partial charge in [-0.2, -0.15) is 4.98 Å². The summed E-state index contributed by atoms with van der Waals surface area (Å²) < 4.78 is 4.63. The quantitative estimate of drug-likeness (QED) is 0.816. The van der Waals surface area contributed by atoms with Gasteiger partial charge in [0.2, 0.25) is 6.39 Å². The second-order valence-corrected chi connectivity index (χ2v) is 3.19. The second kappa shape index (κ2) is 4.54. The Morgan fingerprint density at radius 1 is 1.40 bits per heavy atom. The summed E-state index contributed by atoms with van der Waals surface area (Å²) in [5, 5.41) is 6.91. The molecule has 2 rings (SSSR count). The van der Waals surface area contributed by atoms with E-state index >= 15 is 0 Å². The van der Waals surface area contributed by atoms with Crippen LogP contribution in [0.4, 0.5) is 5.82 Å². The van der Waals surface area contributed by atoms with Crippen molar-refractivity contribution in [3.05, 3.63) is 36.1 Å². The molecule has 0 aromatic carbocycles. The maximum atomic E-state index is 4.63. The molecule has 5 nitrogen and oxygen atoms in total. The molecule has 78 valence electrons. The number of nitrogens with zero attached hydrogens (tertiary/aromatic N) is 3. The van der Waals surface area contributed by atoms with Gasteiger partial charge in [0.05, 0.1) is 0 Å². The largest absolute Gasteiger partial charge is 0.370 e. The minimum absolute atomic E-state index is 0.704. The molecule has 0 aliphatic heterocycles. The molecule has 0 saturated heterocycles. The van der Waals surface area contributed by atoms with Crippen molar-refractivity contribution in [3.8, 4) is 0 Å². The van der Waals surface area contributed by atoms with E-state index in [0.29, 0.717) is 5.82 Å². The molecule has 0 atom stereocenters. The van der Waals surface area contributed by atoms with Gasteiger partial charge in [0.15, 0.2) is 5.82 Å². The number of hydrogen-bond donors (Lipinski definition) is 1. The van der Waals surface area contributed by atoms with Gasteiger partial charge in [0, 0.05) is 18.7 Å². The molecule has 2 aromatic rings. The van der Waals surface area contributed by atoms with Gasteiger partial charge in [-0.15, -0.1) is 0 Å². The average Bonchev–Trinajstić information content (AvgIpc) is 2.71. The summed E-state index contributed by atoms with van der Waals surface area (Å²) in [5.74, 6) is 1.58. The lowest BCUT2D eigenvalue weighted by molar-refractivity contribution is 0.410. The number of aryl methyl sites for hydroxylation is 1. The highest BCUT2D eigenvalue weighted by Crippen LogP contribution is 2.03. The van der Waals surface area contributed by atoms with Crippen LogP contribution in [-0.4, -0.2) is 21.7 Å². The van der Waals surface area contributed by atoms with Crippen LogP contribution in [0.1, 0.15) is 11.5 Å². The average molecular weight is 204 g/mol. The smallest absolute Gasteiger partial charge is 0.213 e. The highest BCUT2D eigenvalue weighted by atomic mass is 16.5. The van der Waals surface area contributed by atoms with Crippen LogP contribution in [-0.2, 0) is 6.42 Å². The van der Waals surface area contributed by atoms with Crippen molar-refractivity contribution in [1.29, 1.82) is 0 Å². The van der Waals surface area contributed by atoms with E-state index in [9.17, 15) is 0 Å². The molecule has 15 heavy (non-hydrogen) atoms. The number of hydrogen-bond acceptors (Lipinski definition) is 5. The summed E-state index contributed by atoms with van der Waals surface area (Å²) in [6, 6.07) is 5.87. The zero-order valence-corrected chi connectivity index (χ0v) is 8.47. The first-order chi connectivity index (χ1) is 7.34. The van der Waals surface area contributed by atoms with E-state index in [1.807, 2.05) is 25.1 Å². The van der Waals surface area contributed by atoms with Gasteiger partial charge in [-0.25, -0.2) is 4.98 Å². The molecule has 0 amide bonds. The van der Waals surface area contributed by atoms with Crippen LogP contribution in [0.15, 0.2) is 29.1 Å². The Morgan fingerprint density at radius 3 is 3.07 bits per heavy atom. The maximum Gasteiger partial charge on any atom is 0.213 e. The number of anilines is 1. The first-order valence-corrected chi connectivity index (χ1v) is 4.77. The van der Waals surface area contributed by atoms with E-state index in [1.165, 1.54) is 6.39 Å². The zero-order chi connectivity index (χ0) is 10.5. The van der Waals surface area contributed by atoms with E-state index in [4.69, 9.17) is 0 Å². The number of aromatic nitrogens is 3. The highest BCUT2D eigenvalue weighted by Gasteiger charge is 1.98. The van der Waals surface area contributed by atoms with Crippen LogP contribution < -0.4 is 5.32 Å². The van der Waals surface area contributed by atoms with Crippen LogP contribution >= 0.6 is 0 Å². The predicted molar refractivity (Wildman–Crippen MR) is 55.5 cm³/mol. The summed E-state index contributed by atoms with van der Waals surface area (Å²) in [5.41, 5.74) is 1.000. The van der Waals surface area contributed by atoms with Crippen LogP contribution in [0.5, 0.6) is 0 Å². The van der Waals surface area contributed by atoms with Gasteiger partial charge in [-0.05, 0) is 19.1 Å². The van der Waals surface area contributed by atoms with Crippen molar-refractivity contribution in [3.63, 3.8) is 0 Å². The Labute approximate surface area is 87.5 Å². The normalized spacial score (nSPS) is 10.2. The summed E-state index contributed by atoms with van der Waals surface area (Å²) >= 11 is 0. The molecular weight excluding hydrogens is 192 g/mol. The third kappa shape index (κ3) is 2.77. The predicted octanol–water partition coefficient (Wildman–Crippen LogP) is 1.43. The maximum absolute atomic E-state index is 4.63. The Balaban J connectivity index is 1.83. The summed E-state index contributed by atoms with van der Waals surface area (Å²) in [6.07, 6.45) is 2.06. The number of pyridine rings is 1. The molecule has 2 aromatic heterocycles. The molecule has 0 aliphatic carbocycles. The fourth-order valence-electron chi connectivity index (χ4n) is 1.25. The Kier molecular flexibility index (Phi) is 2.92. The van der Waals surface area contributed by atoms with Crippen LogP contribution in [0, 0.1) is 6.92 Å². The van der Waals surface area contributed by atoms with Crippen molar-refractivity contribution < 1.29 is 4.52 Å². The molecule has 0 aliphatic rings. The number of nitrogens with one attached hydrogen (secondary N) is 1. The molecule has 5 heteroatoms. The summed E-state index contributed by atoms with van der Waals surface area (Å²) in [6.45, 7) is 2.71. The molecule has 1 N–H and O–H groups in total. The Hall–Kier alpha value is -1.91. The molecule has 2 heterocycles. The third-order valence-corrected chi connectivity index (χ3v) is 1.95. The Morgan fingerprint density at radius 2 is 2.33 bits per heavy atom. The molecule has 0 spiro atoms. The van der Waals surface area contributed by atoms with E-state index < -0.39 is 0 Å². The lowest BCUT2D eigenvalue weighted by Crippen LogP contribution is -2.07. The van der Waals surface area contributed by atoms with Gasteiger partial charge in [0.25, 0.3) is 0 Å². The highest BCUT2D eigenvalue weighted by molar-refractivity contribution is 5.34. The Bertz CT molecular complexity index is 413. The monoisotopic (exact) mass is 204 g/mol. The first kappa shape index (κ1) is 9.64. The fourth-order valence-corrected chi connectivity index (χ4v) is 1.25. The third-order valence-electron chi connectivity index (χ3n) is 1.95. The molecule has 0 unspecified atom stereocenters. The van der Waals surface area contributed by atoms with Crippen molar-refractivity contribution in [2.75, 3.05) is 11.9 Å². The topological polar surface area (TPSA) is 63.8 Å². The SMILES string of the molecule is Cc1cccc(NCCc2ncon2)n1. The lowest BCUT2D eigenvalue weighted by atomic mass is 10.3. The van der Waals surface area contributed by atoms with Gasteiger partial charge in [-0.3, -0.25) is 0 Å². The first-order valence-electron chi connectivity index (χ1n) is 4.77. The van der Waals surface area contributed by atoms with Gasteiger partial charge in [0.1, 0.15) is 5.82 Å². The molecule has 0 fully saturated rings. The lowest BCUT2D eigenvalue weighted by Gasteiger charge is -2.03. The fraction of sp³-hybridized carbons (Fsp3) is 0.300. The van der Waals surface area contributed by atoms with Crippen molar-refractivity contribution in [2.24, 2.45) is 0 Å². The molecular formula is C10H12N4O. The van der Waals surface area contributed by atoms with E-state index in [-0.39, 0.29) is 0 Å². The minimum atomic E-state index is 0.704. The van der Waals surface area contributed by atoms with E-state index in [2.05, 4.69) is 25.0 Å². The van der Waals surface area contributed by atoms with E-state index in [1.54, 1.807) is 0 Å². The molecule has 0 saturated carbocycles. The van der Waals surface area contributed by atoms with Gasteiger partial charge >= 0.3 is 0 Å².